The van der Waals surface area contributed by atoms with Gasteiger partial charge >= 0.3 is 12.1 Å². The molecule has 0 aromatic rings. The van der Waals surface area contributed by atoms with Crippen molar-refractivity contribution in [3.63, 3.8) is 0 Å². The molecule has 7 heteroatoms. The number of hydrogen-bond acceptors (Lipinski definition) is 5. The molecule has 0 aromatic heterocycles. The molecule has 0 aliphatic carbocycles. The van der Waals surface area contributed by atoms with Crippen LogP contribution in [0.1, 0.15) is 34.6 Å². The lowest BCUT2D eigenvalue weighted by Crippen LogP contribution is -2.48. The van der Waals surface area contributed by atoms with Gasteiger partial charge in [-0.1, -0.05) is 13.8 Å². The molecule has 0 heterocycles. The molecule has 0 spiro atoms. The highest BCUT2D eigenvalue weighted by atomic mass is 16.6. The molecular formula is C13H24N2O5. The van der Waals surface area contributed by atoms with E-state index < -0.39 is 29.6 Å². The third kappa shape index (κ3) is 7.60. The van der Waals surface area contributed by atoms with E-state index >= 15 is 0 Å². The van der Waals surface area contributed by atoms with Gasteiger partial charge in [0.25, 0.3) is 0 Å². The van der Waals surface area contributed by atoms with Crippen LogP contribution >= 0.6 is 0 Å². The number of esters is 1. The molecule has 0 fully saturated rings. The van der Waals surface area contributed by atoms with Crippen LogP contribution in [0.2, 0.25) is 0 Å². The summed E-state index contributed by atoms with van der Waals surface area (Å²) in [4.78, 5) is 34.5. The van der Waals surface area contributed by atoms with E-state index in [1.807, 2.05) is 0 Å². The molecule has 2 N–H and O–H groups in total. The number of rotatable bonds is 5. The summed E-state index contributed by atoms with van der Waals surface area (Å²) in [5, 5.41) is 4.82. The summed E-state index contributed by atoms with van der Waals surface area (Å²) in [6.45, 7) is 8.46. The quantitative estimate of drug-likeness (QED) is 0.731. The highest BCUT2D eigenvalue weighted by molar-refractivity contribution is 5.87. The summed E-state index contributed by atoms with van der Waals surface area (Å²) in [6.07, 6.45) is -0.688. The summed E-state index contributed by atoms with van der Waals surface area (Å²) in [5.41, 5.74) is -0.632. The first kappa shape index (κ1) is 18.2. The molecule has 0 unspecified atom stereocenters. The van der Waals surface area contributed by atoms with Gasteiger partial charge in [0.2, 0.25) is 5.91 Å². The maximum atomic E-state index is 11.7. The fraction of sp³-hybridized carbons (Fsp3) is 0.769. The SMILES string of the molecule is COC(=O)[C@@H](NC(=O)CNC(=O)OC(C)(C)C)C(C)C. The summed E-state index contributed by atoms with van der Waals surface area (Å²) in [5.74, 6) is -1.13. The van der Waals surface area contributed by atoms with Crippen LogP contribution in [0.15, 0.2) is 0 Å². The first-order valence-electron chi connectivity index (χ1n) is 6.41. The fourth-order valence-electron chi connectivity index (χ4n) is 1.32. The number of carbonyl (C=O) groups is 3. The Labute approximate surface area is 119 Å². The van der Waals surface area contributed by atoms with Crippen molar-refractivity contribution >= 4 is 18.0 Å². The lowest BCUT2D eigenvalue weighted by atomic mass is 10.0. The van der Waals surface area contributed by atoms with E-state index in [0.717, 1.165) is 0 Å². The van der Waals surface area contributed by atoms with Crippen LogP contribution in [0.4, 0.5) is 4.79 Å². The molecule has 0 saturated heterocycles. The Morgan fingerprint density at radius 3 is 2.10 bits per heavy atom. The predicted molar refractivity (Wildman–Crippen MR) is 73.0 cm³/mol. The van der Waals surface area contributed by atoms with Gasteiger partial charge in [-0.3, -0.25) is 4.79 Å². The van der Waals surface area contributed by atoms with Gasteiger partial charge in [-0.2, -0.15) is 0 Å². The maximum absolute atomic E-state index is 11.7. The Morgan fingerprint density at radius 2 is 1.70 bits per heavy atom. The molecular weight excluding hydrogens is 264 g/mol. The minimum absolute atomic E-state index is 0.118. The van der Waals surface area contributed by atoms with E-state index in [1.54, 1.807) is 34.6 Å². The van der Waals surface area contributed by atoms with Crippen molar-refractivity contribution < 1.29 is 23.9 Å². The van der Waals surface area contributed by atoms with Crippen LogP contribution in [-0.2, 0) is 19.1 Å². The van der Waals surface area contributed by atoms with Gasteiger partial charge < -0.3 is 20.1 Å². The summed E-state index contributed by atoms with van der Waals surface area (Å²) in [7, 11) is 1.25. The molecule has 0 aliphatic heterocycles. The molecule has 2 amide bonds. The van der Waals surface area contributed by atoms with E-state index in [2.05, 4.69) is 15.4 Å². The number of methoxy groups -OCH3 is 1. The van der Waals surface area contributed by atoms with Gasteiger partial charge in [0.1, 0.15) is 18.2 Å². The third-order valence-electron chi connectivity index (χ3n) is 2.23. The van der Waals surface area contributed by atoms with E-state index in [-0.39, 0.29) is 12.5 Å². The van der Waals surface area contributed by atoms with Crippen LogP contribution in [0, 0.1) is 5.92 Å². The number of alkyl carbamates (subject to hydrolysis) is 1. The Bertz CT molecular complexity index is 360. The van der Waals surface area contributed by atoms with Crippen molar-refractivity contribution in [2.24, 2.45) is 5.92 Å². The molecule has 0 aromatic carbocycles. The van der Waals surface area contributed by atoms with Crippen LogP contribution in [0.3, 0.4) is 0 Å². The molecule has 20 heavy (non-hydrogen) atoms. The van der Waals surface area contributed by atoms with Gasteiger partial charge in [0.15, 0.2) is 0 Å². The van der Waals surface area contributed by atoms with Gasteiger partial charge in [-0.15, -0.1) is 0 Å². The van der Waals surface area contributed by atoms with Gasteiger partial charge in [0.05, 0.1) is 7.11 Å². The zero-order valence-electron chi connectivity index (χ0n) is 12.9. The van der Waals surface area contributed by atoms with Crippen molar-refractivity contribution in [1.82, 2.24) is 10.6 Å². The maximum Gasteiger partial charge on any atom is 0.408 e. The first-order chi connectivity index (χ1) is 9.06. The molecule has 0 rings (SSSR count). The minimum Gasteiger partial charge on any atom is -0.467 e. The molecule has 0 bridgehead atoms. The van der Waals surface area contributed by atoms with Gasteiger partial charge in [-0.05, 0) is 26.7 Å². The van der Waals surface area contributed by atoms with E-state index in [0.29, 0.717) is 0 Å². The monoisotopic (exact) mass is 288 g/mol. The zero-order valence-corrected chi connectivity index (χ0v) is 12.9. The smallest absolute Gasteiger partial charge is 0.408 e. The van der Waals surface area contributed by atoms with Crippen LogP contribution in [0.5, 0.6) is 0 Å². The third-order valence-corrected chi connectivity index (χ3v) is 2.23. The molecule has 0 radical (unpaired) electrons. The van der Waals surface area contributed by atoms with Crippen molar-refractivity contribution in [3.8, 4) is 0 Å². The zero-order chi connectivity index (χ0) is 15.9. The van der Waals surface area contributed by atoms with E-state index in [9.17, 15) is 14.4 Å². The molecule has 7 nitrogen and oxygen atoms in total. The number of carbonyl (C=O) groups excluding carboxylic acids is 3. The van der Waals surface area contributed by atoms with Crippen molar-refractivity contribution in [2.45, 2.75) is 46.3 Å². The van der Waals surface area contributed by atoms with Crippen LogP contribution in [0.25, 0.3) is 0 Å². The predicted octanol–water partition coefficient (Wildman–Crippen LogP) is 0.825. The second kappa shape index (κ2) is 7.72. The second-order valence-electron chi connectivity index (χ2n) is 5.67. The van der Waals surface area contributed by atoms with Crippen LogP contribution < -0.4 is 10.6 Å². The normalized spacial score (nSPS) is 12.6. The van der Waals surface area contributed by atoms with E-state index in [4.69, 9.17) is 4.74 Å². The van der Waals surface area contributed by atoms with E-state index in [1.165, 1.54) is 7.11 Å². The Morgan fingerprint density at radius 1 is 1.15 bits per heavy atom. The average molecular weight is 288 g/mol. The summed E-state index contributed by atoms with van der Waals surface area (Å²) < 4.78 is 9.59. The van der Waals surface area contributed by atoms with Crippen molar-refractivity contribution in [2.75, 3.05) is 13.7 Å². The van der Waals surface area contributed by atoms with Gasteiger partial charge in [0, 0.05) is 0 Å². The Hall–Kier alpha value is -1.79. The summed E-state index contributed by atoms with van der Waals surface area (Å²) in [6, 6.07) is -0.743. The first-order valence-corrected chi connectivity index (χ1v) is 6.41. The molecule has 0 saturated carbocycles. The van der Waals surface area contributed by atoms with Gasteiger partial charge in [-0.25, -0.2) is 9.59 Å². The summed E-state index contributed by atoms with van der Waals surface area (Å²) >= 11 is 0. The minimum atomic E-state index is -0.743. The van der Waals surface area contributed by atoms with Crippen molar-refractivity contribution in [1.29, 1.82) is 0 Å². The Balaban J connectivity index is 4.28. The van der Waals surface area contributed by atoms with Crippen molar-refractivity contribution in [3.05, 3.63) is 0 Å². The largest absolute Gasteiger partial charge is 0.467 e. The molecule has 0 aliphatic rings. The highest BCUT2D eigenvalue weighted by Crippen LogP contribution is 2.06. The number of amides is 2. The topological polar surface area (TPSA) is 93.7 Å². The van der Waals surface area contributed by atoms with Crippen LogP contribution in [-0.4, -0.2) is 43.3 Å². The Kier molecular flexibility index (Phi) is 7.02. The number of hydrogen-bond donors (Lipinski definition) is 2. The lowest BCUT2D eigenvalue weighted by molar-refractivity contribution is -0.146. The lowest BCUT2D eigenvalue weighted by Gasteiger charge is -2.21. The molecule has 1 atom stereocenters. The highest BCUT2D eigenvalue weighted by Gasteiger charge is 2.25. The molecule has 116 valence electrons. The average Bonchev–Trinajstić information content (AvgIpc) is 2.30. The second-order valence-corrected chi connectivity index (χ2v) is 5.67. The number of nitrogens with one attached hydrogen (secondary N) is 2. The fourth-order valence-corrected chi connectivity index (χ4v) is 1.32. The number of ether oxygens (including phenoxy) is 2. The standard InChI is InChI=1S/C13H24N2O5/c1-8(2)10(11(17)19-6)15-9(16)7-14-12(18)20-13(3,4)5/h8,10H,7H2,1-6H3,(H,14,18)(H,15,16)/t10-/m0/s1.